The van der Waals surface area contributed by atoms with E-state index in [1.165, 1.54) is 0 Å². The van der Waals surface area contributed by atoms with Gasteiger partial charge in [-0.25, -0.2) is 4.98 Å². The Morgan fingerprint density at radius 2 is 2.25 bits per heavy atom. The number of nitrogens with zero attached hydrogens (tertiary/aromatic N) is 1. The van der Waals surface area contributed by atoms with E-state index in [0.717, 1.165) is 16.7 Å². The van der Waals surface area contributed by atoms with E-state index < -0.39 is 0 Å². The van der Waals surface area contributed by atoms with Crippen molar-refractivity contribution in [3.8, 4) is 0 Å². The van der Waals surface area contributed by atoms with Gasteiger partial charge in [-0.15, -0.1) is 11.6 Å². The van der Waals surface area contributed by atoms with Crippen LogP contribution in [0.15, 0.2) is 16.7 Å². The van der Waals surface area contributed by atoms with Gasteiger partial charge in [-0.05, 0) is 28.4 Å². The summed E-state index contributed by atoms with van der Waals surface area (Å²) in [5.41, 5.74) is 0.0995. The first-order chi connectivity index (χ1) is 7.41. The summed E-state index contributed by atoms with van der Waals surface area (Å²) in [5, 5.41) is 4.25. The predicted molar refractivity (Wildman–Crippen MR) is 72.4 cm³/mol. The second kappa shape index (κ2) is 4.35. The third kappa shape index (κ3) is 2.18. The lowest BCUT2D eigenvalue weighted by Gasteiger charge is -2.49. The fraction of sp³-hybridized carbons (Fsp3) is 0.545. The second-order valence-electron chi connectivity index (χ2n) is 4.71. The first-order valence-corrected chi connectivity index (χ1v) is 6.73. The van der Waals surface area contributed by atoms with Gasteiger partial charge in [0.15, 0.2) is 0 Å². The average molecular weight is 324 g/mol. The van der Waals surface area contributed by atoms with Gasteiger partial charge in [0, 0.05) is 23.0 Å². The molecule has 0 saturated heterocycles. The molecule has 2 atom stereocenters. The van der Waals surface area contributed by atoms with Crippen molar-refractivity contribution in [1.82, 2.24) is 4.98 Å². The molecule has 0 radical (unpaired) electrons. The molecule has 1 heterocycles. The summed E-state index contributed by atoms with van der Waals surface area (Å²) in [7, 11) is 0. The summed E-state index contributed by atoms with van der Waals surface area (Å²) in [6.45, 7) is 4.32. The highest BCUT2D eigenvalue weighted by Crippen LogP contribution is 2.46. The van der Waals surface area contributed by atoms with E-state index in [-0.39, 0.29) is 10.8 Å². The quantitative estimate of drug-likeness (QED) is 0.820. The number of hydrogen-bond donors (Lipinski definition) is 1. The molecule has 1 aliphatic carbocycles. The van der Waals surface area contributed by atoms with Crippen molar-refractivity contribution in [3.05, 3.63) is 21.8 Å². The molecule has 88 valence electrons. The van der Waals surface area contributed by atoms with Crippen LogP contribution < -0.4 is 5.32 Å². The Hall–Kier alpha value is 0.01000. The summed E-state index contributed by atoms with van der Waals surface area (Å²) in [4.78, 5) is 4.26. The van der Waals surface area contributed by atoms with E-state index >= 15 is 0 Å². The Balaban J connectivity index is 2.11. The van der Waals surface area contributed by atoms with Gasteiger partial charge in [0.1, 0.15) is 5.82 Å². The highest BCUT2D eigenvalue weighted by Gasteiger charge is 2.47. The molecule has 2 unspecified atom stereocenters. The molecule has 0 bridgehead atoms. The van der Waals surface area contributed by atoms with Crippen molar-refractivity contribution in [1.29, 1.82) is 0 Å². The SMILES string of the molecule is CC1(C)C(Cl)CC1Nc1ncc(Cl)cc1Br. The van der Waals surface area contributed by atoms with Crippen LogP contribution in [-0.2, 0) is 0 Å². The average Bonchev–Trinajstić information content (AvgIpc) is 2.21. The van der Waals surface area contributed by atoms with Gasteiger partial charge in [0.2, 0.25) is 0 Å². The molecule has 0 spiro atoms. The smallest absolute Gasteiger partial charge is 0.140 e. The van der Waals surface area contributed by atoms with Crippen molar-refractivity contribution in [3.63, 3.8) is 0 Å². The minimum Gasteiger partial charge on any atom is -0.366 e. The molecule has 0 aliphatic heterocycles. The van der Waals surface area contributed by atoms with Crippen LogP contribution in [0.5, 0.6) is 0 Å². The summed E-state index contributed by atoms with van der Waals surface area (Å²) in [6.07, 6.45) is 2.60. The van der Waals surface area contributed by atoms with E-state index in [2.05, 4.69) is 40.1 Å². The van der Waals surface area contributed by atoms with Gasteiger partial charge in [-0.3, -0.25) is 0 Å². The minimum atomic E-state index is 0.0995. The summed E-state index contributed by atoms with van der Waals surface area (Å²) >= 11 is 15.5. The van der Waals surface area contributed by atoms with Crippen LogP contribution >= 0.6 is 39.1 Å². The van der Waals surface area contributed by atoms with Crippen LogP contribution in [-0.4, -0.2) is 16.4 Å². The summed E-state index contributed by atoms with van der Waals surface area (Å²) < 4.78 is 0.883. The van der Waals surface area contributed by atoms with E-state index in [1.807, 2.05) is 6.07 Å². The monoisotopic (exact) mass is 322 g/mol. The molecule has 1 aromatic heterocycles. The fourth-order valence-electron chi connectivity index (χ4n) is 1.80. The second-order valence-corrected chi connectivity index (χ2v) is 6.52. The van der Waals surface area contributed by atoms with Crippen LogP contribution in [0.1, 0.15) is 20.3 Å². The van der Waals surface area contributed by atoms with Gasteiger partial charge in [-0.2, -0.15) is 0 Å². The number of nitrogens with one attached hydrogen (secondary N) is 1. The number of halogens is 3. The lowest BCUT2D eigenvalue weighted by molar-refractivity contribution is 0.168. The van der Waals surface area contributed by atoms with Gasteiger partial charge >= 0.3 is 0 Å². The number of hydrogen-bond acceptors (Lipinski definition) is 2. The minimum absolute atomic E-state index is 0.0995. The van der Waals surface area contributed by atoms with Crippen molar-refractivity contribution in [2.45, 2.75) is 31.7 Å². The summed E-state index contributed by atoms with van der Waals surface area (Å²) in [6, 6.07) is 2.20. The highest BCUT2D eigenvalue weighted by atomic mass is 79.9. The Kier molecular flexibility index (Phi) is 3.39. The molecule has 0 aromatic carbocycles. The molecule has 2 rings (SSSR count). The molecule has 1 N–H and O–H groups in total. The number of aromatic nitrogens is 1. The zero-order chi connectivity index (χ0) is 11.9. The molecule has 0 amide bonds. The van der Waals surface area contributed by atoms with Crippen molar-refractivity contribution < 1.29 is 0 Å². The maximum atomic E-state index is 6.17. The molecular weight excluding hydrogens is 311 g/mol. The van der Waals surface area contributed by atoms with Crippen LogP contribution in [0.2, 0.25) is 5.02 Å². The zero-order valence-electron chi connectivity index (χ0n) is 9.10. The first kappa shape index (κ1) is 12.5. The third-order valence-corrected chi connectivity index (χ3v) is 4.82. The molecular formula is C11H13BrCl2N2. The molecule has 1 fully saturated rings. The van der Waals surface area contributed by atoms with E-state index in [0.29, 0.717) is 11.1 Å². The van der Waals surface area contributed by atoms with Crippen molar-refractivity contribution in [2.24, 2.45) is 5.41 Å². The van der Waals surface area contributed by atoms with E-state index in [9.17, 15) is 0 Å². The van der Waals surface area contributed by atoms with E-state index in [4.69, 9.17) is 23.2 Å². The largest absolute Gasteiger partial charge is 0.366 e. The van der Waals surface area contributed by atoms with Crippen LogP contribution in [0.3, 0.4) is 0 Å². The summed E-state index contributed by atoms with van der Waals surface area (Å²) in [5.74, 6) is 0.825. The standard InChI is InChI=1S/C11H13BrCl2N2/c1-11(2)8(14)4-9(11)16-10-7(12)3-6(13)5-15-10/h3,5,8-9H,4H2,1-2H3,(H,15,16). The van der Waals surface area contributed by atoms with Crippen molar-refractivity contribution in [2.75, 3.05) is 5.32 Å². The third-order valence-electron chi connectivity index (χ3n) is 3.27. The molecule has 5 heteroatoms. The molecule has 16 heavy (non-hydrogen) atoms. The van der Waals surface area contributed by atoms with Gasteiger partial charge < -0.3 is 5.32 Å². The number of anilines is 1. The maximum Gasteiger partial charge on any atom is 0.140 e. The topological polar surface area (TPSA) is 24.9 Å². The number of pyridine rings is 1. The van der Waals surface area contributed by atoms with Crippen LogP contribution in [0.4, 0.5) is 5.82 Å². The van der Waals surface area contributed by atoms with Crippen LogP contribution in [0.25, 0.3) is 0 Å². The van der Waals surface area contributed by atoms with E-state index in [1.54, 1.807) is 6.20 Å². The first-order valence-electron chi connectivity index (χ1n) is 5.13. The van der Waals surface area contributed by atoms with Crippen molar-refractivity contribution >= 4 is 44.9 Å². The van der Waals surface area contributed by atoms with Gasteiger partial charge in [0.05, 0.1) is 9.50 Å². The Labute approximate surface area is 114 Å². The van der Waals surface area contributed by atoms with Crippen LogP contribution in [0, 0.1) is 5.41 Å². The highest BCUT2D eigenvalue weighted by molar-refractivity contribution is 9.10. The Bertz CT molecular complexity index is 409. The molecule has 2 nitrogen and oxygen atoms in total. The normalized spacial score (nSPS) is 27.3. The van der Waals surface area contributed by atoms with Gasteiger partial charge in [-0.1, -0.05) is 25.4 Å². The fourth-order valence-corrected chi connectivity index (χ4v) is 2.89. The Morgan fingerprint density at radius 3 is 2.75 bits per heavy atom. The predicted octanol–water partition coefficient (Wildman–Crippen LogP) is 4.32. The number of rotatable bonds is 2. The molecule has 1 aromatic rings. The lowest BCUT2D eigenvalue weighted by atomic mass is 9.67. The maximum absolute atomic E-state index is 6.17. The molecule has 1 saturated carbocycles. The molecule has 1 aliphatic rings. The Morgan fingerprint density at radius 1 is 1.56 bits per heavy atom. The lowest BCUT2D eigenvalue weighted by Crippen LogP contribution is -2.54. The van der Waals surface area contributed by atoms with Gasteiger partial charge in [0.25, 0.3) is 0 Å². The number of alkyl halides is 1. The zero-order valence-corrected chi connectivity index (χ0v) is 12.2.